The van der Waals surface area contributed by atoms with E-state index in [-0.39, 0.29) is 6.61 Å². The van der Waals surface area contributed by atoms with Crippen molar-refractivity contribution in [1.82, 2.24) is 9.78 Å². The van der Waals surface area contributed by atoms with E-state index in [0.29, 0.717) is 32.7 Å². The molecule has 0 amide bonds. The lowest BCUT2D eigenvalue weighted by Gasteiger charge is -2.09. The van der Waals surface area contributed by atoms with Crippen LogP contribution in [-0.2, 0) is 7.05 Å². The van der Waals surface area contributed by atoms with Crippen molar-refractivity contribution >= 4 is 23.2 Å². The number of rotatable bonds is 3. The predicted molar refractivity (Wildman–Crippen MR) is 82.4 cm³/mol. The third-order valence-electron chi connectivity index (χ3n) is 2.98. The molecule has 0 N–H and O–H groups in total. The fourth-order valence-corrected chi connectivity index (χ4v) is 2.51. The van der Waals surface area contributed by atoms with Crippen molar-refractivity contribution in [3.8, 4) is 35.4 Å². The number of hydrogen-bond donors (Lipinski definition) is 0. The molecule has 0 atom stereocenters. The summed E-state index contributed by atoms with van der Waals surface area (Å²) in [5.41, 5.74) is 2.47. The van der Waals surface area contributed by atoms with Gasteiger partial charge in [-0.05, 0) is 19.1 Å². The number of ether oxygens (including phenoxy) is 1. The van der Waals surface area contributed by atoms with Crippen molar-refractivity contribution in [2.75, 3.05) is 6.61 Å². The number of nitrogens with zero attached hydrogens (tertiary/aromatic N) is 3. The Morgan fingerprint density at radius 3 is 2.67 bits per heavy atom. The molecule has 0 radical (unpaired) electrons. The molecule has 106 valence electrons. The Kier molecular flexibility index (Phi) is 4.43. The van der Waals surface area contributed by atoms with Crippen LogP contribution in [0.1, 0.15) is 11.3 Å². The number of aromatic nitrogens is 2. The van der Waals surface area contributed by atoms with Gasteiger partial charge in [-0.15, -0.1) is 6.42 Å². The van der Waals surface area contributed by atoms with Crippen molar-refractivity contribution < 1.29 is 4.74 Å². The van der Waals surface area contributed by atoms with Crippen molar-refractivity contribution in [3.05, 3.63) is 33.4 Å². The molecular formula is C15H11Cl2N3O. The standard InChI is InChI=1S/C15H11Cl2N3O/c1-4-5-21-14-6-10(11(16)7-12(14)17)15-9(2)13(8-18)20(3)19-15/h1,6-7H,5H2,2-3H3. The average Bonchev–Trinajstić information content (AvgIpc) is 2.72. The topological polar surface area (TPSA) is 50.8 Å². The van der Waals surface area contributed by atoms with E-state index < -0.39 is 0 Å². The minimum absolute atomic E-state index is 0.103. The molecule has 0 spiro atoms. The monoisotopic (exact) mass is 319 g/mol. The Morgan fingerprint density at radius 1 is 1.38 bits per heavy atom. The van der Waals surface area contributed by atoms with Gasteiger partial charge in [0.25, 0.3) is 0 Å². The van der Waals surface area contributed by atoms with Gasteiger partial charge in [-0.3, -0.25) is 4.68 Å². The fourth-order valence-electron chi connectivity index (χ4n) is 1.98. The fraction of sp³-hybridized carbons (Fsp3) is 0.200. The minimum atomic E-state index is 0.103. The Balaban J connectivity index is 2.59. The predicted octanol–water partition coefficient (Wildman–Crippen LogP) is 3.59. The maximum absolute atomic E-state index is 9.13. The molecular weight excluding hydrogens is 309 g/mol. The highest BCUT2D eigenvalue weighted by molar-refractivity contribution is 6.37. The molecule has 2 aromatic rings. The van der Waals surface area contributed by atoms with Gasteiger partial charge in [-0.1, -0.05) is 29.1 Å². The van der Waals surface area contributed by atoms with Gasteiger partial charge in [0.05, 0.1) is 15.7 Å². The third kappa shape index (κ3) is 2.83. The van der Waals surface area contributed by atoms with E-state index in [1.54, 1.807) is 19.2 Å². The molecule has 0 saturated heterocycles. The van der Waals surface area contributed by atoms with Crippen LogP contribution in [0.4, 0.5) is 0 Å². The van der Waals surface area contributed by atoms with Crippen LogP contribution in [0.25, 0.3) is 11.3 Å². The van der Waals surface area contributed by atoms with Gasteiger partial charge in [0.15, 0.2) is 0 Å². The van der Waals surface area contributed by atoms with E-state index in [2.05, 4.69) is 17.1 Å². The number of nitriles is 1. The lowest BCUT2D eigenvalue weighted by Crippen LogP contribution is -1.96. The van der Waals surface area contributed by atoms with Gasteiger partial charge < -0.3 is 4.74 Å². The maximum atomic E-state index is 9.13. The van der Waals surface area contributed by atoms with E-state index in [9.17, 15) is 0 Å². The molecule has 0 fully saturated rings. The van der Waals surface area contributed by atoms with Crippen molar-refractivity contribution in [3.63, 3.8) is 0 Å². The zero-order chi connectivity index (χ0) is 15.6. The summed E-state index contributed by atoms with van der Waals surface area (Å²) >= 11 is 12.3. The van der Waals surface area contributed by atoms with Gasteiger partial charge in [-0.2, -0.15) is 10.4 Å². The van der Waals surface area contributed by atoms with Gasteiger partial charge in [-0.25, -0.2) is 0 Å². The first kappa shape index (κ1) is 15.3. The van der Waals surface area contributed by atoms with Crippen LogP contribution in [-0.4, -0.2) is 16.4 Å². The summed E-state index contributed by atoms with van der Waals surface area (Å²) < 4.78 is 6.89. The molecule has 0 aliphatic carbocycles. The number of halogens is 2. The Bertz CT molecular complexity index is 782. The largest absolute Gasteiger partial charge is 0.479 e. The van der Waals surface area contributed by atoms with Crippen LogP contribution >= 0.6 is 23.2 Å². The molecule has 4 nitrogen and oxygen atoms in total. The summed E-state index contributed by atoms with van der Waals surface area (Å²) in [4.78, 5) is 0. The molecule has 1 heterocycles. The summed E-state index contributed by atoms with van der Waals surface area (Å²) in [7, 11) is 1.70. The van der Waals surface area contributed by atoms with E-state index in [0.717, 1.165) is 5.56 Å². The number of terminal acetylenes is 1. The maximum Gasteiger partial charge on any atom is 0.148 e. The zero-order valence-corrected chi connectivity index (χ0v) is 13.0. The molecule has 0 unspecified atom stereocenters. The average molecular weight is 320 g/mol. The van der Waals surface area contributed by atoms with Crippen LogP contribution in [0.3, 0.4) is 0 Å². The molecule has 6 heteroatoms. The number of aryl methyl sites for hydroxylation is 1. The first-order valence-corrected chi connectivity index (χ1v) is 6.74. The second kappa shape index (κ2) is 6.10. The van der Waals surface area contributed by atoms with E-state index in [4.69, 9.17) is 39.6 Å². The third-order valence-corrected chi connectivity index (χ3v) is 3.59. The van der Waals surface area contributed by atoms with Gasteiger partial charge in [0.1, 0.15) is 24.1 Å². The molecule has 0 saturated carbocycles. The van der Waals surface area contributed by atoms with Crippen LogP contribution in [0.5, 0.6) is 5.75 Å². The number of hydrogen-bond acceptors (Lipinski definition) is 3. The minimum Gasteiger partial charge on any atom is -0.479 e. The normalized spacial score (nSPS) is 10.0. The Morgan fingerprint density at radius 2 is 2.10 bits per heavy atom. The van der Waals surface area contributed by atoms with Crippen LogP contribution in [0.15, 0.2) is 12.1 Å². The molecule has 1 aromatic carbocycles. The summed E-state index contributed by atoms with van der Waals surface area (Å²) in [5, 5.41) is 14.3. The van der Waals surface area contributed by atoms with Crippen molar-refractivity contribution in [1.29, 1.82) is 5.26 Å². The molecule has 0 bridgehead atoms. The lowest BCUT2D eigenvalue weighted by molar-refractivity contribution is 0.371. The lowest BCUT2D eigenvalue weighted by atomic mass is 10.1. The first-order valence-electron chi connectivity index (χ1n) is 5.99. The van der Waals surface area contributed by atoms with Gasteiger partial charge in [0.2, 0.25) is 0 Å². The first-order chi connectivity index (χ1) is 9.99. The summed E-state index contributed by atoms with van der Waals surface area (Å²) in [6.45, 7) is 1.92. The van der Waals surface area contributed by atoms with Crippen LogP contribution < -0.4 is 4.74 Å². The van der Waals surface area contributed by atoms with Crippen LogP contribution in [0, 0.1) is 30.6 Å². The smallest absolute Gasteiger partial charge is 0.148 e. The molecule has 1 aromatic heterocycles. The van der Waals surface area contributed by atoms with Crippen molar-refractivity contribution in [2.45, 2.75) is 6.92 Å². The molecule has 0 aliphatic rings. The van der Waals surface area contributed by atoms with Crippen molar-refractivity contribution in [2.24, 2.45) is 7.05 Å². The summed E-state index contributed by atoms with van der Waals surface area (Å²) in [5.74, 6) is 2.80. The second-order valence-electron chi connectivity index (χ2n) is 4.31. The Hall–Kier alpha value is -2.14. The molecule has 2 rings (SSSR count). The second-order valence-corrected chi connectivity index (χ2v) is 5.13. The zero-order valence-electron chi connectivity index (χ0n) is 11.4. The SMILES string of the molecule is C#CCOc1cc(-c2nn(C)c(C#N)c2C)c(Cl)cc1Cl. The van der Waals surface area contributed by atoms with Gasteiger partial charge in [0, 0.05) is 18.2 Å². The highest BCUT2D eigenvalue weighted by Crippen LogP contribution is 2.37. The van der Waals surface area contributed by atoms with E-state index >= 15 is 0 Å². The summed E-state index contributed by atoms with van der Waals surface area (Å²) in [6.07, 6.45) is 5.17. The summed E-state index contributed by atoms with van der Waals surface area (Å²) in [6, 6.07) is 5.36. The van der Waals surface area contributed by atoms with Gasteiger partial charge >= 0.3 is 0 Å². The Labute approximate surface area is 132 Å². The molecule has 21 heavy (non-hydrogen) atoms. The molecule has 0 aliphatic heterocycles. The number of benzene rings is 1. The van der Waals surface area contributed by atoms with Crippen LogP contribution in [0.2, 0.25) is 10.0 Å². The highest BCUT2D eigenvalue weighted by Gasteiger charge is 2.18. The quantitative estimate of drug-likeness (QED) is 0.812. The van der Waals surface area contributed by atoms with E-state index in [1.807, 2.05) is 6.92 Å². The highest BCUT2D eigenvalue weighted by atomic mass is 35.5. The van der Waals surface area contributed by atoms with E-state index in [1.165, 1.54) is 4.68 Å².